The first-order valence-electron chi connectivity index (χ1n) is 7.16. The molecule has 0 saturated carbocycles. The lowest BCUT2D eigenvalue weighted by Gasteiger charge is -2.27. The Labute approximate surface area is 133 Å². The second-order valence-electron chi connectivity index (χ2n) is 5.98. The molecule has 3 rings (SSSR count). The van der Waals surface area contributed by atoms with E-state index in [1.165, 1.54) is 11.2 Å². The van der Waals surface area contributed by atoms with E-state index in [4.69, 9.17) is 4.74 Å². The maximum atomic E-state index is 12.7. The number of anilines is 2. The van der Waals surface area contributed by atoms with Gasteiger partial charge in [-0.15, -0.1) is 0 Å². The van der Waals surface area contributed by atoms with Crippen molar-refractivity contribution in [3.05, 3.63) is 49.2 Å². The number of nitrogens with zero attached hydrogens (tertiary/aromatic N) is 5. The molecule has 7 nitrogen and oxygen atoms in total. The van der Waals surface area contributed by atoms with E-state index in [0.29, 0.717) is 17.0 Å². The van der Waals surface area contributed by atoms with Gasteiger partial charge >= 0.3 is 6.09 Å². The summed E-state index contributed by atoms with van der Waals surface area (Å²) in [5.41, 5.74) is 1.32. The van der Waals surface area contributed by atoms with E-state index in [2.05, 4.69) is 15.1 Å². The fourth-order valence-corrected chi connectivity index (χ4v) is 2.09. The highest BCUT2D eigenvalue weighted by atomic mass is 16.6. The van der Waals surface area contributed by atoms with Crippen molar-refractivity contribution >= 4 is 23.1 Å². The minimum Gasteiger partial charge on any atom is -0.443 e. The SMILES string of the molecule is CC(C)(C)OC(=O)N(c1cccnc1)c1ccc2ncnn2c1. The molecule has 0 radical (unpaired) electrons. The van der Waals surface area contributed by atoms with Crippen molar-refractivity contribution in [2.45, 2.75) is 26.4 Å². The summed E-state index contributed by atoms with van der Waals surface area (Å²) in [5, 5.41) is 4.10. The number of aromatic nitrogens is 4. The number of hydrogen-bond acceptors (Lipinski definition) is 5. The van der Waals surface area contributed by atoms with Crippen LogP contribution in [0.3, 0.4) is 0 Å². The van der Waals surface area contributed by atoms with Gasteiger partial charge in [0.1, 0.15) is 11.9 Å². The topological polar surface area (TPSA) is 72.6 Å². The van der Waals surface area contributed by atoms with Crippen LogP contribution in [0.5, 0.6) is 0 Å². The van der Waals surface area contributed by atoms with Crippen LogP contribution in [0, 0.1) is 0 Å². The molecule has 3 aromatic heterocycles. The molecule has 0 N–H and O–H groups in total. The molecular formula is C16H17N5O2. The van der Waals surface area contributed by atoms with Crippen LogP contribution >= 0.6 is 0 Å². The van der Waals surface area contributed by atoms with E-state index in [1.54, 1.807) is 47.4 Å². The lowest BCUT2D eigenvalue weighted by Crippen LogP contribution is -2.34. The Balaban J connectivity index is 2.05. The summed E-state index contributed by atoms with van der Waals surface area (Å²) < 4.78 is 7.12. The smallest absolute Gasteiger partial charge is 0.419 e. The number of carbonyl (C=O) groups excluding carboxylic acids is 1. The molecule has 0 unspecified atom stereocenters. The first kappa shape index (κ1) is 15.0. The van der Waals surface area contributed by atoms with Crippen molar-refractivity contribution in [1.82, 2.24) is 19.6 Å². The minimum absolute atomic E-state index is 0.482. The lowest BCUT2D eigenvalue weighted by atomic mass is 10.2. The lowest BCUT2D eigenvalue weighted by molar-refractivity contribution is 0.0599. The van der Waals surface area contributed by atoms with Gasteiger partial charge in [0.15, 0.2) is 5.65 Å². The monoisotopic (exact) mass is 311 g/mol. The van der Waals surface area contributed by atoms with Gasteiger partial charge < -0.3 is 4.74 Å². The summed E-state index contributed by atoms with van der Waals surface area (Å²) >= 11 is 0. The maximum absolute atomic E-state index is 12.7. The molecule has 0 atom stereocenters. The zero-order chi connectivity index (χ0) is 16.4. The van der Waals surface area contributed by atoms with Crippen molar-refractivity contribution in [3.63, 3.8) is 0 Å². The number of carbonyl (C=O) groups is 1. The van der Waals surface area contributed by atoms with Gasteiger partial charge in [0.2, 0.25) is 0 Å². The van der Waals surface area contributed by atoms with Crippen molar-refractivity contribution in [3.8, 4) is 0 Å². The fourth-order valence-electron chi connectivity index (χ4n) is 2.09. The summed E-state index contributed by atoms with van der Waals surface area (Å²) in [6, 6.07) is 7.14. The molecule has 7 heteroatoms. The summed E-state index contributed by atoms with van der Waals surface area (Å²) in [4.78, 5) is 22.3. The van der Waals surface area contributed by atoms with Crippen LogP contribution in [0.2, 0.25) is 0 Å². The molecule has 0 aliphatic heterocycles. The Morgan fingerprint density at radius 1 is 1.22 bits per heavy atom. The van der Waals surface area contributed by atoms with E-state index >= 15 is 0 Å². The van der Waals surface area contributed by atoms with Gasteiger partial charge in [-0.05, 0) is 45.0 Å². The standard InChI is InChI=1S/C16H17N5O2/c1-16(2,3)23-15(22)21(12-5-4-8-17-9-12)13-6-7-14-18-11-19-20(14)10-13/h4-11H,1-3H3. The number of rotatable bonds is 2. The van der Waals surface area contributed by atoms with E-state index in [1.807, 2.05) is 20.8 Å². The second kappa shape index (κ2) is 5.68. The second-order valence-corrected chi connectivity index (χ2v) is 5.98. The number of ether oxygens (including phenoxy) is 1. The van der Waals surface area contributed by atoms with Crippen molar-refractivity contribution in [2.24, 2.45) is 0 Å². The molecule has 0 bridgehead atoms. The normalized spacial score (nSPS) is 11.4. The molecule has 0 saturated heterocycles. The third-order valence-electron chi connectivity index (χ3n) is 3.00. The van der Waals surface area contributed by atoms with Crippen LogP contribution in [0.15, 0.2) is 49.2 Å². The Kier molecular flexibility index (Phi) is 3.69. The maximum Gasteiger partial charge on any atom is 0.419 e. The minimum atomic E-state index is -0.602. The molecule has 3 heterocycles. The van der Waals surface area contributed by atoms with Crippen LogP contribution < -0.4 is 4.90 Å². The Morgan fingerprint density at radius 3 is 2.74 bits per heavy atom. The average molecular weight is 311 g/mol. The number of fused-ring (bicyclic) bond motifs is 1. The van der Waals surface area contributed by atoms with Crippen LogP contribution in [-0.2, 0) is 4.74 Å². The van der Waals surface area contributed by atoms with Crippen LogP contribution in [0.25, 0.3) is 5.65 Å². The molecule has 118 valence electrons. The van der Waals surface area contributed by atoms with Gasteiger partial charge in [0, 0.05) is 6.20 Å². The summed E-state index contributed by atoms with van der Waals surface area (Å²) in [5.74, 6) is 0. The van der Waals surface area contributed by atoms with Crippen LogP contribution in [0.1, 0.15) is 20.8 Å². The zero-order valence-corrected chi connectivity index (χ0v) is 13.2. The molecule has 0 aliphatic carbocycles. The van der Waals surface area contributed by atoms with Crippen LogP contribution in [0.4, 0.5) is 16.2 Å². The summed E-state index contributed by atoms with van der Waals surface area (Å²) in [6.07, 6.45) is 5.96. The molecule has 0 spiro atoms. The van der Waals surface area contributed by atoms with Crippen molar-refractivity contribution in [1.29, 1.82) is 0 Å². The van der Waals surface area contributed by atoms with Gasteiger partial charge in [-0.2, -0.15) is 5.10 Å². The van der Waals surface area contributed by atoms with Gasteiger partial charge in [0.25, 0.3) is 0 Å². The highest BCUT2D eigenvalue weighted by Crippen LogP contribution is 2.27. The van der Waals surface area contributed by atoms with E-state index in [0.717, 1.165) is 0 Å². The molecule has 23 heavy (non-hydrogen) atoms. The molecule has 0 fully saturated rings. The van der Waals surface area contributed by atoms with E-state index < -0.39 is 11.7 Å². The highest BCUT2D eigenvalue weighted by Gasteiger charge is 2.25. The largest absolute Gasteiger partial charge is 0.443 e. The summed E-state index contributed by atoms with van der Waals surface area (Å²) in [6.45, 7) is 5.48. The van der Waals surface area contributed by atoms with Gasteiger partial charge in [-0.3, -0.25) is 4.98 Å². The first-order valence-corrected chi connectivity index (χ1v) is 7.16. The van der Waals surface area contributed by atoms with Gasteiger partial charge in [-0.1, -0.05) is 0 Å². The third kappa shape index (κ3) is 3.28. The zero-order valence-electron chi connectivity index (χ0n) is 13.2. The molecule has 0 aliphatic rings. The Bertz CT molecular complexity index is 823. The molecular weight excluding hydrogens is 294 g/mol. The quantitative estimate of drug-likeness (QED) is 0.726. The number of hydrogen-bond donors (Lipinski definition) is 0. The van der Waals surface area contributed by atoms with Gasteiger partial charge in [-0.25, -0.2) is 19.2 Å². The predicted molar refractivity (Wildman–Crippen MR) is 85.6 cm³/mol. The summed E-state index contributed by atoms with van der Waals surface area (Å²) in [7, 11) is 0. The third-order valence-corrected chi connectivity index (χ3v) is 3.00. The molecule has 1 amide bonds. The number of amides is 1. The van der Waals surface area contributed by atoms with Crippen LogP contribution in [-0.4, -0.2) is 31.3 Å². The Morgan fingerprint density at radius 2 is 2.04 bits per heavy atom. The van der Waals surface area contributed by atoms with E-state index in [-0.39, 0.29) is 0 Å². The van der Waals surface area contributed by atoms with Crippen molar-refractivity contribution < 1.29 is 9.53 Å². The average Bonchev–Trinajstić information content (AvgIpc) is 2.94. The fraction of sp³-hybridized carbons (Fsp3) is 0.250. The molecule has 3 aromatic rings. The highest BCUT2D eigenvalue weighted by molar-refractivity contribution is 5.95. The number of pyridine rings is 2. The first-order chi connectivity index (χ1) is 10.9. The Hall–Kier alpha value is -2.96. The predicted octanol–water partition coefficient (Wildman–Crippen LogP) is 3.20. The van der Waals surface area contributed by atoms with Crippen molar-refractivity contribution in [2.75, 3.05) is 4.90 Å². The molecule has 0 aromatic carbocycles. The van der Waals surface area contributed by atoms with E-state index in [9.17, 15) is 4.79 Å². The van der Waals surface area contributed by atoms with Gasteiger partial charge in [0.05, 0.1) is 23.8 Å².